The number of hydrogen-bond donors (Lipinski definition) is 0. The molecule has 0 aliphatic carbocycles. The Morgan fingerprint density at radius 1 is 1.54 bits per heavy atom. The molecule has 0 bridgehead atoms. The number of halogens is 1. The van der Waals surface area contributed by atoms with Gasteiger partial charge in [0.1, 0.15) is 5.75 Å². The molecule has 13 heavy (non-hydrogen) atoms. The summed E-state index contributed by atoms with van der Waals surface area (Å²) in [5, 5.41) is 0.169. The van der Waals surface area contributed by atoms with Crippen molar-refractivity contribution in [3.05, 3.63) is 23.2 Å². The zero-order chi connectivity index (χ0) is 9.14. The van der Waals surface area contributed by atoms with Crippen LogP contribution in [-0.2, 0) is 11.1 Å². The first kappa shape index (κ1) is 13.0. The van der Waals surface area contributed by atoms with Gasteiger partial charge in [-0.2, -0.15) is 0 Å². The van der Waals surface area contributed by atoms with Gasteiger partial charge < -0.3 is 9.29 Å². The predicted molar refractivity (Wildman–Crippen MR) is 45.2 cm³/mol. The Hall–Kier alpha value is 0.0174. The molecule has 0 saturated heterocycles. The Bertz CT molecular complexity index is 319. The van der Waals surface area contributed by atoms with E-state index in [4.69, 9.17) is 16.3 Å². The van der Waals surface area contributed by atoms with E-state index in [1.54, 1.807) is 0 Å². The molecular weight excluding hydrogens is 207 g/mol. The molecule has 0 aromatic heterocycles. The van der Waals surface area contributed by atoms with Gasteiger partial charge in [0.15, 0.2) is 0 Å². The molecule has 1 aromatic rings. The van der Waals surface area contributed by atoms with E-state index in [1.165, 1.54) is 25.3 Å². The fraction of sp³-hybridized carbons (Fsp3) is 0.143. The molecule has 1 aromatic carbocycles. The second kappa shape index (κ2) is 5.69. The van der Waals surface area contributed by atoms with Gasteiger partial charge in [0.05, 0.1) is 12.1 Å². The first-order valence-electron chi connectivity index (χ1n) is 3.08. The number of hydrogen-bond acceptors (Lipinski definition) is 3. The van der Waals surface area contributed by atoms with Gasteiger partial charge in [-0.15, -0.1) is 0 Å². The van der Waals surface area contributed by atoms with Crippen LogP contribution >= 0.6 is 11.6 Å². The molecule has 3 nitrogen and oxygen atoms in total. The van der Waals surface area contributed by atoms with E-state index in [1.807, 2.05) is 0 Å². The van der Waals surface area contributed by atoms with Crippen LogP contribution < -0.4 is 23.6 Å². The van der Waals surface area contributed by atoms with Crippen molar-refractivity contribution in [1.29, 1.82) is 0 Å². The van der Waals surface area contributed by atoms with Crippen LogP contribution in [0.5, 0.6) is 5.75 Å². The average molecular weight is 213 g/mol. The molecule has 1 unspecified atom stereocenters. The zero-order valence-corrected chi connectivity index (χ0v) is 8.82. The molecule has 0 aliphatic rings. The Labute approximate surface area is 95.9 Å². The fourth-order valence-corrected chi connectivity index (χ4v) is 1.50. The normalized spacial score (nSPS) is 11.6. The van der Waals surface area contributed by atoms with E-state index in [9.17, 15) is 8.76 Å². The molecule has 0 fully saturated rings. The SMILES string of the molecule is COc1ccc(S(=O)[O-])c(Cl)c1.[Li+]. The molecule has 1 rings (SSSR count). The summed E-state index contributed by atoms with van der Waals surface area (Å²) in [4.78, 5) is 0.0810. The second-order valence-corrected chi connectivity index (χ2v) is 3.35. The first-order valence-corrected chi connectivity index (χ1v) is 4.53. The molecule has 66 valence electrons. The molecular formula is C7H6ClLiO3S. The Morgan fingerprint density at radius 3 is 2.54 bits per heavy atom. The minimum atomic E-state index is -2.29. The van der Waals surface area contributed by atoms with E-state index < -0.39 is 11.1 Å². The van der Waals surface area contributed by atoms with E-state index in [2.05, 4.69) is 0 Å². The van der Waals surface area contributed by atoms with Crippen LogP contribution in [-0.4, -0.2) is 15.9 Å². The molecule has 0 radical (unpaired) electrons. The summed E-state index contributed by atoms with van der Waals surface area (Å²) < 4.78 is 25.8. The summed E-state index contributed by atoms with van der Waals surface area (Å²) in [5.74, 6) is 0.536. The van der Waals surface area contributed by atoms with Gasteiger partial charge >= 0.3 is 18.9 Å². The number of methoxy groups -OCH3 is 1. The standard InChI is InChI=1S/C7H7ClO3S.Li/c1-11-5-2-3-7(12(9)10)6(8)4-5;/h2-4H,1H3,(H,9,10);/q;+1/p-1. The summed E-state index contributed by atoms with van der Waals surface area (Å²) >= 11 is 3.34. The van der Waals surface area contributed by atoms with Crippen LogP contribution in [0.2, 0.25) is 5.02 Å². The summed E-state index contributed by atoms with van der Waals surface area (Å²) in [7, 11) is 1.49. The van der Waals surface area contributed by atoms with E-state index in [-0.39, 0.29) is 28.8 Å². The molecule has 0 spiro atoms. The van der Waals surface area contributed by atoms with Crippen molar-refractivity contribution >= 4 is 22.7 Å². The monoisotopic (exact) mass is 212 g/mol. The van der Waals surface area contributed by atoms with Crippen molar-refractivity contribution in [2.24, 2.45) is 0 Å². The smallest absolute Gasteiger partial charge is 0.768 e. The van der Waals surface area contributed by atoms with E-state index >= 15 is 0 Å². The van der Waals surface area contributed by atoms with Crippen LogP contribution in [0.1, 0.15) is 0 Å². The van der Waals surface area contributed by atoms with Crippen LogP contribution in [0.15, 0.2) is 23.1 Å². The maximum absolute atomic E-state index is 10.5. The van der Waals surface area contributed by atoms with Crippen LogP contribution in [0.3, 0.4) is 0 Å². The topological polar surface area (TPSA) is 49.4 Å². The van der Waals surface area contributed by atoms with Crippen molar-refractivity contribution < 1.29 is 32.4 Å². The van der Waals surface area contributed by atoms with Crippen LogP contribution in [0.25, 0.3) is 0 Å². The summed E-state index contributed by atoms with van der Waals surface area (Å²) in [6, 6.07) is 4.38. The maximum Gasteiger partial charge on any atom is 1.00 e. The molecule has 0 N–H and O–H groups in total. The van der Waals surface area contributed by atoms with Crippen LogP contribution in [0.4, 0.5) is 0 Å². The molecule has 6 heteroatoms. The van der Waals surface area contributed by atoms with Gasteiger partial charge in [-0.05, 0) is 29.3 Å². The van der Waals surface area contributed by atoms with Gasteiger partial charge in [0.2, 0.25) is 0 Å². The Kier molecular flexibility index (Phi) is 5.69. The van der Waals surface area contributed by atoms with Gasteiger partial charge in [0, 0.05) is 4.90 Å². The molecule has 0 heterocycles. The van der Waals surface area contributed by atoms with Gasteiger partial charge in [-0.3, -0.25) is 4.21 Å². The van der Waals surface area contributed by atoms with Crippen molar-refractivity contribution in [3.8, 4) is 5.75 Å². The van der Waals surface area contributed by atoms with E-state index in [0.29, 0.717) is 5.75 Å². The van der Waals surface area contributed by atoms with Crippen molar-refractivity contribution in [3.63, 3.8) is 0 Å². The number of benzene rings is 1. The molecule has 0 aliphatic heterocycles. The van der Waals surface area contributed by atoms with Gasteiger partial charge in [0.25, 0.3) is 0 Å². The van der Waals surface area contributed by atoms with Gasteiger partial charge in [-0.25, -0.2) is 0 Å². The van der Waals surface area contributed by atoms with E-state index in [0.717, 1.165) is 0 Å². The number of rotatable bonds is 2. The average Bonchev–Trinajstić information content (AvgIpc) is 2.03. The summed E-state index contributed by atoms with van der Waals surface area (Å²) in [6.45, 7) is 0. The third-order valence-corrected chi connectivity index (χ3v) is 2.46. The summed E-state index contributed by atoms with van der Waals surface area (Å²) in [5.41, 5.74) is 0. The quantitative estimate of drug-likeness (QED) is 0.447. The minimum absolute atomic E-state index is 0. The first-order chi connectivity index (χ1) is 5.65. The second-order valence-electron chi connectivity index (χ2n) is 2.03. The Morgan fingerprint density at radius 2 is 2.15 bits per heavy atom. The fourth-order valence-electron chi connectivity index (χ4n) is 0.744. The zero-order valence-electron chi connectivity index (χ0n) is 7.24. The van der Waals surface area contributed by atoms with Crippen molar-refractivity contribution in [2.45, 2.75) is 4.90 Å². The Balaban J connectivity index is 0.00000144. The van der Waals surface area contributed by atoms with Gasteiger partial charge in [-0.1, -0.05) is 11.6 Å². The predicted octanol–water partition coefficient (Wildman–Crippen LogP) is -1.41. The summed E-state index contributed by atoms with van der Waals surface area (Å²) in [6.07, 6.45) is 0. The van der Waals surface area contributed by atoms with Crippen LogP contribution in [0, 0.1) is 0 Å². The maximum atomic E-state index is 10.5. The number of ether oxygens (including phenoxy) is 1. The van der Waals surface area contributed by atoms with Crippen molar-refractivity contribution in [1.82, 2.24) is 0 Å². The third kappa shape index (κ3) is 3.33. The molecule has 1 atom stereocenters. The third-order valence-electron chi connectivity index (χ3n) is 1.32. The van der Waals surface area contributed by atoms with Crippen molar-refractivity contribution in [2.75, 3.05) is 7.11 Å². The largest absolute Gasteiger partial charge is 1.00 e. The molecule has 0 saturated carbocycles. The molecule has 0 amide bonds. The minimum Gasteiger partial charge on any atom is -0.768 e.